The predicted molar refractivity (Wildman–Crippen MR) is 152 cm³/mol. The van der Waals surface area contributed by atoms with Gasteiger partial charge in [-0.1, -0.05) is 13.3 Å². The van der Waals surface area contributed by atoms with Gasteiger partial charge < -0.3 is 9.47 Å². The third-order valence-corrected chi connectivity index (χ3v) is 8.07. The Bertz CT molecular complexity index is 1510. The zero-order valence-electron chi connectivity index (χ0n) is 23.3. The second kappa shape index (κ2) is 12.7. The fourth-order valence-corrected chi connectivity index (χ4v) is 6.20. The highest BCUT2D eigenvalue weighted by atomic mass is 79.9. The number of carbonyl (C=O) groups is 1. The van der Waals surface area contributed by atoms with Gasteiger partial charge in [-0.2, -0.15) is 18.4 Å². The molecule has 8 nitrogen and oxygen atoms in total. The Balaban J connectivity index is 1.73. The quantitative estimate of drug-likeness (QED) is 0.201. The van der Waals surface area contributed by atoms with E-state index in [1.54, 1.807) is 26.0 Å². The molecular weight excluding hydrogens is 619 g/mol. The number of benzene rings is 2. The number of Topliss-reactive ketones (excluding diaryl/α,β-unsaturated/α-hetero) is 1. The van der Waals surface area contributed by atoms with Crippen LogP contribution in [-0.4, -0.2) is 23.0 Å². The number of ether oxygens (including phenoxy) is 2. The van der Waals surface area contributed by atoms with Crippen molar-refractivity contribution < 1.29 is 32.4 Å². The summed E-state index contributed by atoms with van der Waals surface area (Å²) in [5.41, 5.74) is 0.582. The first-order valence-electron chi connectivity index (χ1n) is 13.5. The normalized spacial score (nSPS) is 20.5. The number of rotatable bonds is 9. The summed E-state index contributed by atoms with van der Waals surface area (Å²) in [5, 5.41) is 21.6. The highest BCUT2D eigenvalue weighted by molar-refractivity contribution is 9.10. The molecule has 0 saturated heterocycles. The summed E-state index contributed by atoms with van der Waals surface area (Å²) in [6.07, 6.45) is -1.82. The fraction of sp³-hybridized carbons (Fsp3) is 0.433. The first kappa shape index (κ1) is 31.2. The van der Waals surface area contributed by atoms with Gasteiger partial charge in [0, 0.05) is 35.4 Å². The van der Waals surface area contributed by atoms with Crippen molar-refractivity contribution in [1.82, 2.24) is 0 Å². The van der Waals surface area contributed by atoms with Gasteiger partial charge in [-0.3, -0.25) is 19.9 Å². The Morgan fingerprint density at radius 2 is 1.93 bits per heavy atom. The van der Waals surface area contributed by atoms with Gasteiger partial charge in [-0.15, -0.1) is 0 Å². The minimum Gasteiger partial charge on any atom is -0.490 e. The summed E-state index contributed by atoms with van der Waals surface area (Å²) in [4.78, 5) is 28.8. The number of nitriles is 1. The largest absolute Gasteiger partial charge is 0.490 e. The minimum absolute atomic E-state index is 0.0276. The number of aliphatic imine (C=N–C) groups is 1. The second-order valence-corrected chi connectivity index (χ2v) is 11.2. The summed E-state index contributed by atoms with van der Waals surface area (Å²) in [7, 11) is 0. The summed E-state index contributed by atoms with van der Waals surface area (Å²) < 4.78 is 51.5. The van der Waals surface area contributed by atoms with Crippen molar-refractivity contribution in [3.63, 3.8) is 0 Å². The third kappa shape index (κ3) is 6.36. The van der Waals surface area contributed by atoms with E-state index in [4.69, 9.17) is 9.47 Å². The van der Waals surface area contributed by atoms with Crippen molar-refractivity contribution >= 4 is 33.1 Å². The number of nitro benzene ring substituents is 1. The van der Waals surface area contributed by atoms with Crippen LogP contribution in [0.1, 0.15) is 69.1 Å². The standard InChI is InChI=1S/C30H29BrF3N3O5/c1-4-6-17-9-23-28(25(38)10-17)27(21(14-35)16(3)36-23)19-11-22(31)29(26(12-19)41-5-2)42-15-18-7-8-20(30(32,33)34)13-24(18)37(39)40/h7-8,11-13,17,21,27H,4-6,9-10,15H2,1-3H3. The van der Waals surface area contributed by atoms with E-state index in [0.717, 1.165) is 25.0 Å². The number of hydrogen-bond donors (Lipinski definition) is 0. The molecule has 0 fully saturated rings. The topological polar surface area (TPSA) is 115 Å². The van der Waals surface area contributed by atoms with Gasteiger partial charge in [-0.25, -0.2) is 0 Å². The molecule has 2 aliphatic rings. The zero-order valence-corrected chi connectivity index (χ0v) is 24.8. The SMILES string of the molecule is CCCC1CC(=O)C2=C(C1)N=C(C)C(C#N)C2c1cc(Br)c(OCc2ccc(C(F)(F)F)cc2[N+](=O)[O-])c(OCC)c1. The lowest BCUT2D eigenvalue weighted by Gasteiger charge is -2.35. The fourth-order valence-electron chi connectivity index (χ4n) is 5.63. The minimum atomic E-state index is -4.74. The molecule has 0 radical (unpaired) electrons. The van der Waals surface area contributed by atoms with Crippen LogP contribution >= 0.6 is 15.9 Å². The van der Waals surface area contributed by atoms with E-state index >= 15 is 0 Å². The Morgan fingerprint density at radius 1 is 1.19 bits per heavy atom. The summed E-state index contributed by atoms with van der Waals surface area (Å²) in [5.74, 6) is -0.663. The van der Waals surface area contributed by atoms with Crippen LogP contribution in [0.25, 0.3) is 0 Å². The number of carbonyl (C=O) groups excluding carboxylic acids is 1. The summed E-state index contributed by atoms with van der Waals surface area (Å²) >= 11 is 3.48. The van der Waals surface area contributed by atoms with Crippen molar-refractivity contribution in [2.45, 2.75) is 65.2 Å². The molecule has 0 aromatic heterocycles. The molecule has 2 aromatic rings. The van der Waals surface area contributed by atoms with E-state index < -0.39 is 40.8 Å². The van der Waals surface area contributed by atoms with Crippen molar-refractivity contribution in [3.05, 3.63) is 72.9 Å². The van der Waals surface area contributed by atoms with E-state index in [9.17, 15) is 33.3 Å². The van der Waals surface area contributed by atoms with Gasteiger partial charge in [-0.05, 0) is 78.4 Å². The molecule has 0 N–H and O–H groups in total. The first-order chi connectivity index (χ1) is 19.9. The molecule has 0 bridgehead atoms. The molecule has 3 unspecified atom stereocenters. The van der Waals surface area contributed by atoms with E-state index in [1.165, 1.54) is 0 Å². The number of alkyl halides is 3. The van der Waals surface area contributed by atoms with Crippen LogP contribution in [0.15, 0.2) is 51.1 Å². The van der Waals surface area contributed by atoms with Crippen LogP contribution in [0.5, 0.6) is 11.5 Å². The lowest BCUT2D eigenvalue weighted by Crippen LogP contribution is -2.32. The van der Waals surface area contributed by atoms with Gasteiger partial charge >= 0.3 is 6.18 Å². The maximum absolute atomic E-state index is 13.4. The molecule has 3 atom stereocenters. The van der Waals surface area contributed by atoms with Crippen LogP contribution in [0.3, 0.4) is 0 Å². The first-order valence-corrected chi connectivity index (χ1v) is 14.3. The van der Waals surface area contributed by atoms with Gasteiger partial charge in [0.25, 0.3) is 5.69 Å². The van der Waals surface area contributed by atoms with Crippen LogP contribution in [0.2, 0.25) is 0 Å². The van der Waals surface area contributed by atoms with E-state index in [2.05, 4.69) is 33.9 Å². The van der Waals surface area contributed by atoms with Gasteiger partial charge in [0.15, 0.2) is 17.3 Å². The number of allylic oxidation sites excluding steroid dienone is 2. The lowest BCUT2D eigenvalue weighted by atomic mass is 9.70. The number of nitrogens with zero attached hydrogens (tertiary/aromatic N) is 3. The number of nitro groups is 1. The van der Waals surface area contributed by atoms with Crippen LogP contribution in [0, 0.1) is 33.3 Å². The van der Waals surface area contributed by atoms with Crippen molar-refractivity contribution in [1.29, 1.82) is 5.26 Å². The second-order valence-electron chi connectivity index (χ2n) is 10.3. The average molecular weight is 648 g/mol. The van der Waals surface area contributed by atoms with Crippen molar-refractivity contribution in [2.75, 3.05) is 6.61 Å². The van der Waals surface area contributed by atoms with Crippen molar-refractivity contribution in [2.24, 2.45) is 16.8 Å². The smallest absolute Gasteiger partial charge is 0.416 e. The van der Waals surface area contributed by atoms with E-state index in [0.29, 0.717) is 45.9 Å². The summed E-state index contributed by atoms with van der Waals surface area (Å²) in [6, 6.07) is 7.95. The molecule has 1 aliphatic heterocycles. The van der Waals surface area contributed by atoms with Gasteiger partial charge in [0.1, 0.15) is 6.61 Å². The number of ketones is 1. The highest BCUT2D eigenvalue weighted by Gasteiger charge is 2.41. The lowest BCUT2D eigenvalue weighted by molar-refractivity contribution is -0.386. The predicted octanol–water partition coefficient (Wildman–Crippen LogP) is 8.08. The van der Waals surface area contributed by atoms with Gasteiger partial charge in [0.05, 0.1) is 39.1 Å². The highest BCUT2D eigenvalue weighted by Crippen LogP contribution is 2.48. The van der Waals surface area contributed by atoms with Crippen LogP contribution < -0.4 is 9.47 Å². The van der Waals surface area contributed by atoms with E-state index in [1.807, 2.05) is 0 Å². The molecular formula is C30H29BrF3N3O5. The molecule has 12 heteroatoms. The summed E-state index contributed by atoms with van der Waals surface area (Å²) in [6.45, 7) is 5.43. The number of halogens is 4. The Hall–Kier alpha value is -3.72. The monoisotopic (exact) mass is 647 g/mol. The molecule has 1 heterocycles. The molecule has 4 rings (SSSR count). The molecule has 42 heavy (non-hydrogen) atoms. The van der Waals surface area contributed by atoms with Crippen molar-refractivity contribution in [3.8, 4) is 17.6 Å². The van der Waals surface area contributed by atoms with E-state index in [-0.39, 0.29) is 35.4 Å². The van der Waals surface area contributed by atoms with Gasteiger partial charge in [0.2, 0.25) is 0 Å². The zero-order chi connectivity index (χ0) is 30.8. The molecule has 0 spiro atoms. The molecule has 0 saturated carbocycles. The Morgan fingerprint density at radius 3 is 2.55 bits per heavy atom. The average Bonchev–Trinajstić information content (AvgIpc) is 2.91. The molecule has 0 amide bonds. The Kier molecular flexibility index (Phi) is 9.40. The third-order valence-electron chi connectivity index (χ3n) is 7.48. The van der Waals surface area contributed by atoms with Crippen LogP contribution in [-0.2, 0) is 17.6 Å². The maximum Gasteiger partial charge on any atom is 0.416 e. The number of hydrogen-bond acceptors (Lipinski definition) is 7. The molecule has 1 aliphatic carbocycles. The van der Waals surface area contributed by atoms with Crippen LogP contribution in [0.4, 0.5) is 18.9 Å². The molecule has 222 valence electrons. The maximum atomic E-state index is 13.4. The Labute approximate surface area is 249 Å². The molecule has 2 aromatic carbocycles.